The fraction of sp³-hybridized carbons (Fsp3) is 0.294. The minimum Gasteiger partial charge on any atom is -0.314 e. The van der Waals surface area contributed by atoms with E-state index >= 15 is 0 Å². The van der Waals surface area contributed by atoms with Gasteiger partial charge in [0.2, 0.25) is 0 Å². The van der Waals surface area contributed by atoms with Crippen LogP contribution in [0.5, 0.6) is 0 Å². The van der Waals surface area contributed by atoms with Gasteiger partial charge in [-0.3, -0.25) is 4.79 Å². The fourth-order valence-corrected chi connectivity index (χ4v) is 2.29. The summed E-state index contributed by atoms with van der Waals surface area (Å²) >= 11 is 0. The number of hydrogen-bond donors (Lipinski definition) is 0. The molecule has 0 aliphatic heterocycles. The first-order valence-corrected chi connectivity index (χ1v) is 6.78. The van der Waals surface area contributed by atoms with Crippen molar-refractivity contribution in [2.24, 2.45) is 0 Å². The third-order valence-corrected chi connectivity index (χ3v) is 3.61. The van der Waals surface area contributed by atoms with Crippen molar-refractivity contribution in [3.05, 3.63) is 69.1 Å². The second-order valence-corrected chi connectivity index (χ2v) is 5.01. The molecule has 2 aromatic rings. The molecule has 0 atom stereocenters. The van der Waals surface area contributed by atoms with Crippen molar-refractivity contribution >= 4 is 0 Å². The van der Waals surface area contributed by atoms with E-state index in [1.807, 2.05) is 44.3 Å². The molecule has 3 nitrogen and oxygen atoms in total. The first kappa shape index (κ1) is 14.1. The van der Waals surface area contributed by atoms with Crippen LogP contribution in [0, 0.1) is 25.2 Å². The van der Waals surface area contributed by atoms with Gasteiger partial charge in [0.1, 0.15) is 11.6 Å². The largest absolute Gasteiger partial charge is 0.314 e. The van der Waals surface area contributed by atoms with E-state index in [2.05, 4.69) is 12.1 Å². The minimum atomic E-state index is -0.177. The molecule has 0 saturated carbocycles. The Morgan fingerprint density at radius 2 is 1.90 bits per heavy atom. The molecule has 1 aromatic carbocycles. The Balaban J connectivity index is 2.13. The molecule has 0 saturated heterocycles. The maximum absolute atomic E-state index is 12.2. The van der Waals surface area contributed by atoms with E-state index in [1.54, 1.807) is 4.57 Å². The predicted octanol–water partition coefficient (Wildman–Crippen LogP) is 2.97. The lowest BCUT2D eigenvalue weighted by Crippen LogP contribution is -2.24. The van der Waals surface area contributed by atoms with Crippen molar-refractivity contribution in [3.8, 4) is 6.07 Å². The lowest BCUT2D eigenvalue weighted by Gasteiger charge is -2.10. The van der Waals surface area contributed by atoms with Crippen LogP contribution in [-0.4, -0.2) is 4.57 Å². The smallest absolute Gasteiger partial charge is 0.268 e. The van der Waals surface area contributed by atoms with Crippen LogP contribution in [0.2, 0.25) is 0 Å². The molecule has 0 unspecified atom stereocenters. The third kappa shape index (κ3) is 2.97. The molecule has 0 N–H and O–H groups in total. The summed E-state index contributed by atoms with van der Waals surface area (Å²) in [7, 11) is 0. The van der Waals surface area contributed by atoms with Gasteiger partial charge in [-0.2, -0.15) is 5.26 Å². The number of benzene rings is 1. The average molecular weight is 266 g/mol. The van der Waals surface area contributed by atoms with E-state index in [-0.39, 0.29) is 11.1 Å². The summed E-state index contributed by atoms with van der Waals surface area (Å²) in [4.78, 5) is 12.2. The molecule has 0 aliphatic carbocycles. The van der Waals surface area contributed by atoms with Crippen molar-refractivity contribution < 1.29 is 0 Å². The van der Waals surface area contributed by atoms with Gasteiger partial charge in [0.05, 0.1) is 0 Å². The van der Waals surface area contributed by atoms with Gasteiger partial charge in [0, 0.05) is 12.7 Å². The van der Waals surface area contributed by atoms with Crippen LogP contribution in [0.15, 0.2) is 41.3 Å². The van der Waals surface area contributed by atoms with Crippen LogP contribution >= 0.6 is 0 Å². The molecule has 20 heavy (non-hydrogen) atoms. The lowest BCUT2D eigenvalue weighted by atomic mass is 10.1. The summed E-state index contributed by atoms with van der Waals surface area (Å²) in [5, 5.41) is 9.09. The maximum Gasteiger partial charge on any atom is 0.268 e. The quantitative estimate of drug-likeness (QED) is 0.854. The van der Waals surface area contributed by atoms with Crippen molar-refractivity contribution in [1.29, 1.82) is 5.26 Å². The highest BCUT2D eigenvalue weighted by atomic mass is 16.1. The average Bonchev–Trinajstić information content (AvgIpc) is 2.46. The Morgan fingerprint density at radius 1 is 1.20 bits per heavy atom. The van der Waals surface area contributed by atoms with Crippen LogP contribution in [0.25, 0.3) is 0 Å². The van der Waals surface area contributed by atoms with Gasteiger partial charge >= 0.3 is 0 Å². The molecule has 3 heteroatoms. The third-order valence-electron chi connectivity index (χ3n) is 3.61. The summed E-state index contributed by atoms with van der Waals surface area (Å²) < 4.78 is 1.66. The predicted molar refractivity (Wildman–Crippen MR) is 79.7 cm³/mol. The van der Waals surface area contributed by atoms with Gasteiger partial charge in [-0.05, 0) is 43.4 Å². The SMILES string of the molecule is Cc1cn(CCCc2ccccc2)c(=O)c(C#N)c1C. The van der Waals surface area contributed by atoms with E-state index in [1.165, 1.54) is 5.56 Å². The zero-order valence-electron chi connectivity index (χ0n) is 11.9. The first-order chi connectivity index (χ1) is 9.63. The van der Waals surface area contributed by atoms with Crippen LogP contribution < -0.4 is 5.56 Å². The first-order valence-electron chi connectivity index (χ1n) is 6.78. The standard InChI is InChI=1S/C17H18N2O/c1-13-12-19(17(20)16(11-18)14(13)2)10-6-9-15-7-4-3-5-8-15/h3-5,7-8,12H,6,9-10H2,1-2H3. The molecule has 1 heterocycles. The highest BCUT2D eigenvalue weighted by Crippen LogP contribution is 2.09. The number of aryl methyl sites for hydroxylation is 3. The van der Waals surface area contributed by atoms with E-state index in [9.17, 15) is 4.79 Å². The molecular weight excluding hydrogens is 248 g/mol. The Morgan fingerprint density at radius 3 is 2.55 bits per heavy atom. The Bertz CT molecular complexity index is 693. The van der Waals surface area contributed by atoms with E-state index in [0.717, 1.165) is 24.0 Å². The molecule has 0 spiro atoms. The van der Waals surface area contributed by atoms with E-state index in [0.29, 0.717) is 6.54 Å². The van der Waals surface area contributed by atoms with E-state index in [4.69, 9.17) is 5.26 Å². The molecule has 0 amide bonds. The summed E-state index contributed by atoms with van der Waals surface area (Å²) in [5.41, 5.74) is 3.14. The molecule has 0 radical (unpaired) electrons. The highest BCUT2D eigenvalue weighted by Gasteiger charge is 2.09. The van der Waals surface area contributed by atoms with Crippen LogP contribution in [0.3, 0.4) is 0 Å². The van der Waals surface area contributed by atoms with Crippen molar-refractivity contribution in [2.45, 2.75) is 33.2 Å². The van der Waals surface area contributed by atoms with Gasteiger partial charge < -0.3 is 4.57 Å². The summed E-state index contributed by atoms with van der Waals surface area (Å²) in [6, 6.07) is 12.2. The van der Waals surface area contributed by atoms with Gasteiger partial charge in [-0.15, -0.1) is 0 Å². The molecule has 0 fully saturated rings. The zero-order valence-corrected chi connectivity index (χ0v) is 11.9. The second kappa shape index (κ2) is 6.21. The normalized spacial score (nSPS) is 10.2. The molecule has 1 aromatic heterocycles. The fourth-order valence-electron chi connectivity index (χ4n) is 2.29. The van der Waals surface area contributed by atoms with Crippen molar-refractivity contribution in [1.82, 2.24) is 4.57 Å². The minimum absolute atomic E-state index is 0.177. The van der Waals surface area contributed by atoms with Crippen LogP contribution in [-0.2, 0) is 13.0 Å². The summed E-state index contributed by atoms with van der Waals surface area (Å²) in [6.07, 6.45) is 3.67. The number of nitrogens with zero attached hydrogens (tertiary/aromatic N) is 2. The summed E-state index contributed by atoms with van der Waals surface area (Å²) in [5.74, 6) is 0. The molecule has 102 valence electrons. The lowest BCUT2D eigenvalue weighted by molar-refractivity contribution is 0.618. The molecule has 0 bridgehead atoms. The molecule has 2 rings (SSSR count). The van der Waals surface area contributed by atoms with Crippen LogP contribution in [0.4, 0.5) is 0 Å². The van der Waals surface area contributed by atoms with Gasteiger partial charge in [-0.1, -0.05) is 30.3 Å². The van der Waals surface area contributed by atoms with Gasteiger partial charge in [0.15, 0.2) is 0 Å². The van der Waals surface area contributed by atoms with Crippen molar-refractivity contribution in [2.75, 3.05) is 0 Å². The monoisotopic (exact) mass is 266 g/mol. The molecule has 0 aliphatic rings. The number of pyridine rings is 1. The summed E-state index contributed by atoms with van der Waals surface area (Å²) in [6.45, 7) is 4.40. The van der Waals surface area contributed by atoms with Gasteiger partial charge in [0.25, 0.3) is 5.56 Å². The Kier molecular flexibility index (Phi) is 4.37. The van der Waals surface area contributed by atoms with Crippen LogP contribution in [0.1, 0.15) is 28.7 Å². The second-order valence-electron chi connectivity index (χ2n) is 5.01. The molecular formula is C17H18N2O. The number of nitriles is 1. The Hall–Kier alpha value is -2.34. The maximum atomic E-state index is 12.2. The topological polar surface area (TPSA) is 45.8 Å². The number of rotatable bonds is 4. The van der Waals surface area contributed by atoms with E-state index < -0.39 is 0 Å². The van der Waals surface area contributed by atoms with Crippen molar-refractivity contribution in [3.63, 3.8) is 0 Å². The Labute approximate surface area is 119 Å². The highest BCUT2D eigenvalue weighted by molar-refractivity contribution is 5.38. The van der Waals surface area contributed by atoms with Gasteiger partial charge in [-0.25, -0.2) is 0 Å². The zero-order chi connectivity index (χ0) is 14.5. The number of hydrogen-bond acceptors (Lipinski definition) is 2. The number of aromatic nitrogens is 1.